The molecule has 8 nitrogen and oxygen atoms in total. The summed E-state index contributed by atoms with van der Waals surface area (Å²) in [7, 11) is 1.70. The minimum Gasteiger partial charge on any atom is -0.497 e. The number of pyridine rings is 1. The molecule has 1 atom stereocenters. The number of benzene rings is 1. The van der Waals surface area contributed by atoms with E-state index in [2.05, 4.69) is 37.1 Å². The number of piperazine rings is 1. The van der Waals surface area contributed by atoms with Gasteiger partial charge in [0, 0.05) is 57.7 Å². The van der Waals surface area contributed by atoms with Gasteiger partial charge in [-0.1, -0.05) is 11.3 Å². The van der Waals surface area contributed by atoms with Crippen molar-refractivity contribution in [3.63, 3.8) is 0 Å². The van der Waals surface area contributed by atoms with E-state index in [0.29, 0.717) is 0 Å². The first kappa shape index (κ1) is 23.8. The Hall–Kier alpha value is -2.91. The van der Waals surface area contributed by atoms with Gasteiger partial charge in [-0.2, -0.15) is 0 Å². The van der Waals surface area contributed by atoms with Gasteiger partial charge in [-0.15, -0.1) is 0 Å². The number of hydrogen-bond donors (Lipinski definition) is 1. The number of carbonyl (C=O) groups is 1. The van der Waals surface area contributed by atoms with Gasteiger partial charge < -0.3 is 19.9 Å². The van der Waals surface area contributed by atoms with E-state index in [1.807, 2.05) is 24.3 Å². The molecule has 2 aromatic heterocycles. The largest absolute Gasteiger partial charge is 0.497 e. The van der Waals surface area contributed by atoms with Crippen molar-refractivity contribution < 1.29 is 9.53 Å². The molecule has 0 spiro atoms. The second kappa shape index (κ2) is 11.2. The molecule has 1 aromatic carbocycles. The average Bonchev–Trinajstić information content (AvgIpc) is 3.36. The summed E-state index contributed by atoms with van der Waals surface area (Å²) in [6.45, 7) is 7.59. The van der Waals surface area contributed by atoms with Crippen LogP contribution in [0.15, 0.2) is 42.6 Å². The standard InChI is InChI=1S/C26H34N6O2S/c1-34-22-9-7-21(8-10-22)31-17-15-30(16-18-31)13-4-12-27-24(33)20-5-3-14-32(19-20)26-29-23-6-2-11-28-25(23)35-26/h2,6-11,20H,3-5,12-19H2,1H3,(H,27,33)/t20-/m0/s1. The molecular formula is C26H34N6O2S. The van der Waals surface area contributed by atoms with E-state index in [1.165, 1.54) is 5.69 Å². The quantitative estimate of drug-likeness (QED) is 0.482. The summed E-state index contributed by atoms with van der Waals surface area (Å²) >= 11 is 1.61. The number of amides is 1. The van der Waals surface area contributed by atoms with E-state index in [1.54, 1.807) is 24.6 Å². The zero-order chi connectivity index (χ0) is 24.0. The number of hydrogen-bond acceptors (Lipinski definition) is 8. The highest BCUT2D eigenvalue weighted by Crippen LogP contribution is 2.30. The third-order valence-corrected chi connectivity index (χ3v) is 8.02. The van der Waals surface area contributed by atoms with Crippen LogP contribution in [0.5, 0.6) is 5.75 Å². The van der Waals surface area contributed by atoms with Crippen LogP contribution in [0.3, 0.4) is 0 Å². The number of methoxy groups -OCH3 is 1. The molecule has 2 aliphatic heterocycles. The number of ether oxygens (including phenoxy) is 1. The van der Waals surface area contributed by atoms with Gasteiger partial charge in [-0.25, -0.2) is 9.97 Å². The van der Waals surface area contributed by atoms with Crippen molar-refractivity contribution >= 4 is 38.4 Å². The average molecular weight is 495 g/mol. The fraction of sp³-hybridized carbons (Fsp3) is 0.500. The van der Waals surface area contributed by atoms with E-state index < -0.39 is 0 Å². The summed E-state index contributed by atoms with van der Waals surface area (Å²) in [6, 6.07) is 12.2. The van der Waals surface area contributed by atoms with Crippen LogP contribution < -0.4 is 19.9 Å². The van der Waals surface area contributed by atoms with Crippen LogP contribution in [-0.2, 0) is 4.79 Å². The van der Waals surface area contributed by atoms with Gasteiger partial charge in [0.25, 0.3) is 0 Å². The second-order valence-electron chi connectivity index (χ2n) is 9.28. The molecule has 1 N–H and O–H groups in total. The zero-order valence-electron chi connectivity index (χ0n) is 20.4. The van der Waals surface area contributed by atoms with Crippen molar-refractivity contribution in [2.24, 2.45) is 5.92 Å². The lowest BCUT2D eigenvalue weighted by atomic mass is 9.97. The van der Waals surface area contributed by atoms with Crippen molar-refractivity contribution in [3.8, 4) is 5.75 Å². The molecule has 4 heterocycles. The molecule has 2 saturated heterocycles. The number of carbonyl (C=O) groups excluding carboxylic acids is 1. The molecule has 2 aliphatic rings. The Balaban J connectivity index is 1.02. The van der Waals surface area contributed by atoms with Gasteiger partial charge in [0.1, 0.15) is 16.1 Å². The highest BCUT2D eigenvalue weighted by atomic mass is 32.1. The summed E-state index contributed by atoms with van der Waals surface area (Å²) in [5.74, 6) is 1.10. The molecule has 35 heavy (non-hydrogen) atoms. The Morgan fingerprint density at radius 2 is 1.94 bits per heavy atom. The number of nitrogens with zero attached hydrogens (tertiary/aromatic N) is 5. The van der Waals surface area contributed by atoms with Crippen LogP contribution in [-0.4, -0.2) is 80.2 Å². The maximum Gasteiger partial charge on any atom is 0.224 e. The Kier molecular flexibility index (Phi) is 7.63. The lowest BCUT2D eigenvalue weighted by Gasteiger charge is -2.36. The lowest BCUT2D eigenvalue weighted by molar-refractivity contribution is -0.125. The predicted molar refractivity (Wildman–Crippen MR) is 142 cm³/mol. The van der Waals surface area contributed by atoms with Crippen molar-refractivity contribution in [3.05, 3.63) is 42.6 Å². The molecule has 9 heteroatoms. The number of fused-ring (bicyclic) bond motifs is 1. The molecule has 3 aromatic rings. The van der Waals surface area contributed by atoms with Crippen molar-refractivity contribution in [2.75, 3.05) is 69.3 Å². The molecule has 0 bridgehead atoms. The fourth-order valence-corrected chi connectivity index (χ4v) is 5.88. The molecule has 0 radical (unpaired) electrons. The number of piperidine rings is 1. The van der Waals surface area contributed by atoms with Crippen LogP contribution >= 0.6 is 11.3 Å². The maximum atomic E-state index is 12.8. The van der Waals surface area contributed by atoms with E-state index in [-0.39, 0.29) is 11.8 Å². The van der Waals surface area contributed by atoms with Gasteiger partial charge in [0.15, 0.2) is 5.13 Å². The number of anilines is 2. The van der Waals surface area contributed by atoms with Gasteiger partial charge in [-0.3, -0.25) is 9.69 Å². The van der Waals surface area contributed by atoms with Gasteiger partial charge in [-0.05, 0) is 62.2 Å². The summed E-state index contributed by atoms with van der Waals surface area (Å²) in [5, 5.41) is 4.17. The number of rotatable bonds is 8. The minimum atomic E-state index is 0.0248. The van der Waals surface area contributed by atoms with Crippen LogP contribution in [0, 0.1) is 5.92 Å². The SMILES string of the molecule is COc1ccc(N2CCN(CCCNC(=O)[C@H]3CCCN(c4nc5cccnc5s4)C3)CC2)cc1. The van der Waals surface area contributed by atoms with Gasteiger partial charge in [0.2, 0.25) is 5.91 Å². The molecule has 1 amide bonds. The third kappa shape index (κ3) is 5.85. The van der Waals surface area contributed by atoms with E-state index >= 15 is 0 Å². The topological polar surface area (TPSA) is 73.8 Å². The first-order valence-electron chi connectivity index (χ1n) is 12.6. The molecule has 2 fully saturated rings. The van der Waals surface area contributed by atoms with Gasteiger partial charge in [0.05, 0.1) is 13.0 Å². The van der Waals surface area contributed by atoms with Crippen molar-refractivity contribution in [1.82, 2.24) is 20.2 Å². The molecule has 5 rings (SSSR count). The lowest BCUT2D eigenvalue weighted by Crippen LogP contribution is -2.47. The van der Waals surface area contributed by atoms with Crippen LogP contribution in [0.2, 0.25) is 0 Å². The van der Waals surface area contributed by atoms with Crippen LogP contribution in [0.1, 0.15) is 19.3 Å². The minimum absolute atomic E-state index is 0.0248. The van der Waals surface area contributed by atoms with Crippen LogP contribution in [0.4, 0.5) is 10.8 Å². The Morgan fingerprint density at radius 1 is 1.11 bits per heavy atom. The van der Waals surface area contributed by atoms with Gasteiger partial charge >= 0.3 is 0 Å². The summed E-state index contributed by atoms with van der Waals surface area (Å²) in [5.41, 5.74) is 2.19. The van der Waals surface area contributed by atoms with Crippen molar-refractivity contribution in [2.45, 2.75) is 19.3 Å². The maximum absolute atomic E-state index is 12.8. The molecular weight excluding hydrogens is 460 g/mol. The predicted octanol–water partition coefficient (Wildman–Crippen LogP) is 3.24. The van der Waals surface area contributed by atoms with Crippen molar-refractivity contribution in [1.29, 1.82) is 0 Å². The molecule has 0 aliphatic carbocycles. The summed E-state index contributed by atoms with van der Waals surface area (Å²) in [6.07, 6.45) is 4.74. The van der Waals surface area contributed by atoms with E-state index in [4.69, 9.17) is 9.72 Å². The Morgan fingerprint density at radius 3 is 2.71 bits per heavy atom. The highest BCUT2D eigenvalue weighted by molar-refractivity contribution is 7.21. The summed E-state index contributed by atoms with van der Waals surface area (Å²) in [4.78, 5) is 30.1. The van der Waals surface area contributed by atoms with E-state index in [0.717, 1.165) is 92.8 Å². The Labute approximate surface area is 210 Å². The summed E-state index contributed by atoms with van der Waals surface area (Å²) < 4.78 is 5.26. The first-order chi connectivity index (χ1) is 17.2. The number of aromatic nitrogens is 2. The van der Waals surface area contributed by atoms with Crippen LogP contribution in [0.25, 0.3) is 10.3 Å². The normalized spacial score (nSPS) is 19.2. The number of thiazole rings is 1. The second-order valence-corrected chi connectivity index (χ2v) is 10.2. The molecule has 0 unspecified atom stereocenters. The monoisotopic (exact) mass is 494 g/mol. The van der Waals surface area contributed by atoms with E-state index in [9.17, 15) is 4.79 Å². The molecule has 0 saturated carbocycles. The zero-order valence-corrected chi connectivity index (χ0v) is 21.2. The molecule has 186 valence electrons. The Bertz CT molecular complexity index is 1080. The smallest absolute Gasteiger partial charge is 0.224 e. The third-order valence-electron chi connectivity index (χ3n) is 6.98. The number of nitrogens with one attached hydrogen (secondary N) is 1. The highest BCUT2D eigenvalue weighted by Gasteiger charge is 2.27. The first-order valence-corrected chi connectivity index (χ1v) is 13.4. The fourth-order valence-electron chi connectivity index (χ4n) is 4.94.